The number of piperidine rings is 1. The summed E-state index contributed by atoms with van der Waals surface area (Å²) < 4.78 is 27.6. The third-order valence-corrected chi connectivity index (χ3v) is 6.08. The fourth-order valence-corrected chi connectivity index (χ4v) is 4.45. The standard InChI is InChI=1S/C12H26N2O2S/c1-4-12(5-2,6-3)14-17(15,16)11-8-7-9-13-10-11/h11,13-14H,4-10H2,1-3H3. The molecule has 1 saturated heterocycles. The summed E-state index contributed by atoms with van der Waals surface area (Å²) in [5.41, 5.74) is -0.254. The van der Waals surface area contributed by atoms with Crippen LogP contribution in [0.4, 0.5) is 0 Å². The number of nitrogens with one attached hydrogen (secondary N) is 2. The molecule has 0 aromatic carbocycles. The summed E-state index contributed by atoms with van der Waals surface area (Å²) in [4.78, 5) is 0. The highest BCUT2D eigenvalue weighted by atomic mass is 32.2. The van der Waals surface area contributed by atoms with Crippen molar-refractivity contribution in [1.82, 2.24) is 10.0 Å². The predicted octanol–water partition coefficient (Wildman–Crippen LogP) is 1.63. The van der Waals surface area contributed by atoms with E-state index in [1.807, 2.05) is 0 Å². The molecule has 0 aliphatic carbocycles. The molecule has 0 amide bonds. The first-order chi connectivity index (χ1) is 7.99. The molecule has 1 heterocycles. The van der Waals surface area contributed by atoms with Crippen LogP contribution in [0.5, 0.6) is 0 Å². The maximum absolute atomic E-state index is 12.3. The number of hydrogen-bond acceptors (Lipinski definition) is 3. The second-order valence-electron chi connectivity index (χ2n) is 4.96. The Labute approximate surface area is 106 Å². The van der Waals surface area contributed by atoms with Gasteiger partial charge in [0.05, 0.1) is 5.25 Å². The van der Waals surface area contributed by atoms with E-state index in [1.54, 1.807) is 0 Å². The summed E-state index contributed by atoms with van der Waals surface area (Å²) in [6.45, 7) is 7.67. The molecule has 102 valence electrons. The van der Waals surface area contributed by atoms with Gasteiger partial charge in [0, 0.05) is 12.1 Å². The van der Waals surface area contributed by atoms with Gasteiger partial charge in [0.25, 0.3) is 0 Å². The van der Waals surface area contributed by atoms with Crippen molar-refractivity contribution < 1.29 is 8.42 Å². The van der Waals surface area contributed by atoms with Crippen LogP contribution in [0.3, 0.4) is 0 Å². The molecule has 1 fully saturated rings. The van der Waals surface area contributed by atoms with Crippen LogP contribution in [0.1, 0.15) is 52.9 Å². The molecule has 5 heteroatoms. The van der Waals surface area contributed by atoms with Crippen molar-refractivity contribution in [2.45, 2.75) is 63.7 Å². The monoisotopic (exact) mass is 262 g/mol. The molecule has 0 spiro atoms. The van der Waals surface area contributed by atoms with E-state index in [0.717, 1.165) is 38.6 Å². The first kappa shape index (κ1) is 14.9. The summed E-state index contributed by atoms with van der Waals surface area (Å²) in [6, 6.07) is 0. The summed E-state index contributed by atoms with van der Waals surface area (Å²) >= 11 is 0. The van der Waals surface area contributed by atoms with Crippen LogP contribution in [-0.4, -0.2) is 32.3 Å². The fraction of sp³-hybridized carbons (Fsp3) is 1.00. The van der Waals surface area contributed by atoms with Gasteiger partial charge < -0.3 is 5.32 Å². The second kappa shape index (κ2) is 6.16. The van der Waals surface area contributed by atoms with E-state index in [4.69, 9.17) is 0 Å². The Kier molecular flexibility index (Phi) is 5.41. The first-order valence-electron chi connectivity index (χ1n) is 6.73. The molecule has 0 saturated carbocycles. The Balaban J connectivity index is 2.76. The average molecular weight is 262 g/mol. The van der Waals surface area contributed by atoms with Crippen molar-refractivity contribution in [3.63, 3.8) is 0 Å². The van der Waals surface area contributed by atoms with E-state index in [1.165, 1.54) is 0 Å². The predicted molar refractivity (Wildman–Crippen MR) is 71.6 cm³/mol. The minimum absolute atomic E-state index is 0.254. The minimum atomic E-state index is -3.19. The van der Waals surface area contributed by atoms with Crippen LogP contribution < -0.4 is 10.0 Å². The van der Waals surface area contributed by atoms with Gasteiger partial charge in [-0.15, -0.1) is 0 Å². The maximum atomic E-state index is 12.3. The van der Waals surface area contributed by atoms with Crippen LogP contribution in [0.15, 0.2) is 0 Å². The third kappa shape index (κ3) is 3.66. The van der Waals surface area contributed by atoms with E-state index >= 15 is 0 Å². The van der Waals surface area contributed by atoms with Gasteiger partial charge in [0.2, 0.25) is 10.0 Å². The smallest absolute Gasteiger partial charge is 0.216 e. The Hall–Kier alpha value is -0.130. The van der Waals surface area contributed by atoms with Crippen LogP contribution in [0.25, 0.3) is 0 Å². The van der Waals surface area contributed by atoms with E-state index in [2.05, 4.69) is 30.8 Å². The van der Waals surface area contributed by atoms with Gasteiger partial charge >= 0.3 is 0 Å². The summed E-state index contributed by atoms with van der Waals surface area (Å²) in [5.74, 6) is 0. The van der Waals surface area contributed by atoms with Crippen molar-refractivity contribution in [3.05, 3.63) is 0 Å². The molecule has 2 N–H and O–H groups in total. The van der Waals surface area contributed by atoms with Crippen molar-refractivity contribution in [2.75, 3.05) is 13.1 Å². The number of rotatable bonds is 6. The summed E-state index contributed by atoms with van der Waals surface area (Å²) in [7, 11) is -3.19. The van der Waals surface area contributed by atoms with Crippen LogP contribution >= 0.6 is 0 Å². The molecule has 1 unspecified atom stereocenters. The molecule has 0 radical (unpaired) electrons. The Bertz CT molecular complexity index is 309. The maximum Gasteiger partial charge on any atom is 0.216 e. The van der Waals surface area contributed by atoms with Crippen LogP contribution in [-0.2, 0) is 10.0 Å². The Morgan fingerprint density at radius 2 is 1.82 bits per heavy atom. The highest BCUT2D eigenvalue weighted by Crippen LogP contribution is 2.23. The van der Waals surface area contributed by atoms with Crippen molar-refractivity contribution >= 4 is 10.0 Å². The van der Waals surface area contributed by atoms with Gasteiger partial charge in [-0.3, -0.25) is 0 Å². The lowest BCUT2D eigenvalue weighted by Gasteiger charge is -2.34. The highest BCUT2D eigenvalue weighted by molar-refractivity contribution is 7.90. The highest BCUT2D eigenvalue weighted by Gasteiger charge is 2.34. The molecular formula is C12H26N2O2S. The number of hydrogen-bond donors (Lipinski definition) is 2. The molecule has 1 atom stereocenters. The van der Waals surface area contributed by atoms with Crippen LogP contribution in [0, 0.1) is 0 Å². The zero-order valence-electron chi connectivity index (χ0n) is 11.3. The molecule has 17 heavy (non-hydrogen) atoms. The van der Waals surface area contributed by atoms with Gasteiger partial charge in [-0.2, -0.15) is 0 Å². The molecular weight excluding hydrogens is 236 g/mol. The summed E-state index contributed by atoms with van der Waals surface area (Å²) in [6.07, 6.45) is 4.26. The van der Waals surface area contributed by atoms with Gasteiger partial charge in [0.15, 0.2) is 0 Å². The molecule has 0 aromatic heterocycles. The normalized spacial score (nSPS) is 22.6. The zero-order chi connectivity index (χ0) is 12.9. The lowest BCUT2D eigenvalue weighted by atomic mass is 9.91. The fourth-order valence-electron chi connectivity index (χ4n) is 2.44. The van der Waals surface area contributed by atoms with Gasteiger partial charge in [0.1, 0.15) is 0 Å². The van der Waals surface area contributed by atoms with Crippen molar-refractivity contribution in [3.8, 4) is 0 Å². The molecule has 1 rings (SSSR count). The lowest BCUT2D eigenvalue weighted by molar-refractivity contribution is 0.337. The SMILES string of the molecule is CCC(CC)(CC)NS(=O)(=O)C1CCCNC1. The largest absolute Gasteiger partial charge is 0.315 e. The average Bonchev–Trinajstić information content (AvgIpc) is 2.37. The lowest BCUT2D eigenvalue weighted by Crippen LogP contribution is -2.53. The van der Waals surface area contributed by atoms with E-state index in [-0.39, 0.29) is 10.8 Å². The summed E-state index contributed by atoms with van der Waals surface area (Å²) in [5, 5.41) is 2.90. The van der Waals surface area contributed by atoms with Crippen molar-refractivity contribution in [2.24, 2.45) is 0 Å². The first-order valence-corrected chi connectivity index (χ1v) is 8.28. The molecule has 1 aliphatic rings. The topological polar surface area (TPSA) is 58.2 Å². The minimum Gasteiger partial charge on any atom is -0.315 e. The Morgan fingerprint density at radius 3 is 2.24 bits per heavy atom. The van der Waals surface area contributed by atoms with Crippen molar-refractivity contribution in [1.29, 1.82) is 0 Å². The molecule has 4 nitrogen and oxygen atoms in total. The van der Waals surface area contributed by atoms with Gasteiger partial charge in [-0.25, -0.2) is 13.1 Å². The van der Waals surface area contributed by atoms with E-state index < -0.39 is 10.0 Å². The molecule has 0 bridgehead atoms. The molecule has 1 aliphatic heterocycles. The van der Waals surface area contributed by atoms with Crippen LogP contribution in [0.2, 0.25) is 0 Å². The molecule has 0 aromatic rings. The van der Waals surface area contributed by atoms with E-state index in [0.29, 0.717) is 6.54 Å². The third-order valence-electron chi connectivity index (χ3n) is 4.08. The van der Waals surface area contributed by atoms with E-state index in [9.17, 15) is 8.42 Å². The van der Waals surface area contributed by atoms with Gasteiger partial charge in [-0.1, -0.05) is 20.8 Å². The zero-order valence-corrected chi connectivity index (χ0v) is 12.1. The number of sulfonamides is 1. The van der Waals surface area contributed by atoms with Gasteiger partial charge in [-0.05, 0) is 38.6 Å². The quantitative estimate of drug-likeness (QED) is 0.765. The Morgan fingerprint density at radius 1 is 1.24 bits per heavy atom. The second-order valence-corrected chi connectivity index (χ2v) is 6.92.